The average Bonchev–Trinajstić information content (AvgIpc) is 2.96. The van der Waals surface area contributed by atoms with Crippen LogP contribution in [0.25, 0.3) is 0 Å². The van der Waals surface area contributed by atoms with E-state index in [1.165, 1.54) is 10.7 Å². The molecule has 0 bridgehead atoms. The van der Waals surface area contributed by atoms with Crippen LogP contribution in [-0.4, -0.2) is 26.8 Å². The Bertz CT molecular complexity index is 586. The Morgan fingerprint density at radius 1 is 1.53 bits per heavy atom. The molecule has 0 aliphatic rings. The lowest BCUT2D eigenvalue weighted by molar-refractivity contribution is -0.122. The fourth-order valence-electron chi connectivity index (χ4n) is 1.63. The van der Waals surface area contributed by atoms with Gasteiger partial charge in [-0.1, -0.05) is 0 Å². The Morgan fingerprint density at radius 3 is 2.89 bits per heavy atom. The molecule has 0 radical (unpaired) electrons. The number of hydrogen-bond acceptors (Lipinski definition) is 4. The fourth-order valence-corrected chi connectivity index (χ4v) is 1.63. The molecule has 19 heavy (non-hydrogen) atoms. The van der Waals surface area contributed by atoms with Gasteiger partial charge in [-0.2, -0.15) is 5.10 Å². The SMILES string of the molecule is Cc1oc(CNC(=O)Cn2cccn2)cc1C(=O)O. The van der Waals surface area contributed by atoms with Crippen molar-refractivity contribution in [3.8, 4) is 0 Å². The Kier molecular flexibility index (Phi) is 3.65. The number of carboxylic acids is 1. The minimum Gasteiger partial charge on any atom is -0.478 e. The van der Waals surface area contributed by atoms with E-state index in [4.69, 9.17) is 9.52 Å². The van der Waals surface area contributed by atoms with E-state index in [2.05, 4.69) is 10.4 Å². The van der Waals surface area contributed by atoms with Gasteiger partial charge >= 0.3 is 5.97 Å². The third-order valence-electron chi connectivity index (χ3n) is 2.52. The van der Waals surface area contributed by atoms with Gasteiger partial charge in [0.05, 0.1) is 6.54 Å². The molecule has 2 aromatic heterocycles. The summed E-state index contributed by atoms with van der Waals surface area (Å²) in [4.78, 5) is 22.4. The fraction of sp³-hybridized carbons (Fsp3) is 0.250. The van der Waals surface area contributed by atoms with Gasteiger partial charge in [0.25, 0.3) is 0 Å². The van der Waals surface area contributed by atoms with Crippen LogP contribution in [-0.2, 0) is 17.9 Å². The molecule has 2 rings (SSSR count). The number of aromatic nitrogens is 2. The molecule has 7 nitrogen and oxygen atoms in total. The first-order chi connectivity index (χ1) is 9.06. The molecule has 0 aliphatic carbocycles. The highest BCUT2D eigenvalue weighted by atomic mass is 16.4. The number of carbonyl (C=O) groups is 2. The van der Waals surface area contributed by atoms with Gasteiger partial charge in [0.2, 0.25) is 5.91 Å². The predicted molar refractivity (Wildman–Crippen MR) is 64.5 cm³/mol. The molecule has 0 aliphatic heterocycles. The highest BCUT2D eigenvalue weighted by Crippen LogP contribution is 2.14. The number of hydrogen-bond donors (Lipinski definition) is 2. The molecular formula is C12H13N3O4. The minimum atomic E-state index is -1.05. The van der Waals surface area contributed by atoms with Crippen molar-refractivity contribution >= 4 is 11.9 Å². The number of nitrogens with one attached hydrogen (secondary N) is 1. The maximum absolute atomic E-state index is 11.6. The smallest absolute Gasteiger partial charge is 0.339 e. The number of furan rings is 1. The van der Waals surface area contributed by atoms with E-state index in [-0.39, 0.29) is 24.6 Å². The largest absolute Gasteiger partial charge is 0.478 e. The lowest BCUT2D eigenvalue weighted by Gasteiger charge is -2.03. The number of nitrogens with zero attached hydrogens (tertiary/aromatic N) is 2. The van der Waals surface area contributed by atoms with Crippen molar-refractivity contribution in [1.29, 1.82) is 0 Å². The van der Waals surface area contributed by atoms with Gasteiger partial charge in [0.1, 0.15) is 23.6 Å². The maximum atomic E-state index is 11.6. The topological polar surface area (TPSA) is 97.4 Å². The highest BCUT2D eigenvalue weighted by molar-refractivity contribution is 5.88. The Hall–Kier alpha value is -2.57. The molecule has 0 saturated carbocycles. The van der Waals surface area contributed by atoms with Crippen LogP contribution in [0, 0.1) is 6.92 Å². The van der Waals surface area contributed by atoms with E-state index in [0.717, 1.165) is 0 Å². The quantitative estimate of drug-likeness (QED) is 0.831. The zero-order chi connectivity index (χ0) is 13.8. The van der Waals surface area contributed by atoms with Crippen LogP contribution in [0.5, 0.6) is 0 Å². The van der Waals surface area contributed by atoms with E-state index >= 15 is 0 Å². The summed E-state index contributed by atoms with van der Waals surface area (Å²) < 4.78 is 6.74. The van der Waals surface area contributed by atoms with Crippen molar-refractivity contribution in [2.75, 3.05) is 0 Å². The van der Waals surface area contributed by atoms with Gasteiger partial charge in [-0.05, 0) is 19.1 Å². The summed E-state index contributed by atoms with van der Waals surface area (Å²) in [6.07, 6.45) is 3.27. The number of carboxylic acid groups (broad SMARTS) is 1. The number of aryl methyl sites for hydroxylation is 1. The van der Waals surface area contributed by atoms with E-state index < -0.39 is 5.97 Å². The summed E-state index contributed by atoms with van der Waals surface area (Å²) in [5.41, 5.74) is 0.108. The molecule has 0 saturated heterocycles. The summed E-state index contributed by atoms with van der Waals surface area (Å²) in [6, 6.07) is 3.13. The summed E-state index contributed by atoms with van der Waals surface area (Å²) in [6.45, 7) is 1.82. The van der Waals surface area contributed by atoms with Crippen LogP contribution in [0.1, 0.15) is 21.9 Å². The van der Waals surface area contributed by atoms with Crippen molar-refractivity contribution < 1.29 is 19.1 Å². The third kappa shape index (κ3) is 3.21. The molecule has 7 heteroatoms. The summed E-state index contributed by atoms with van der Waals surface area (Å²) in [5.74, 6) is -0.544. The average molecular weight is 263 g/mol. The predicted octanol–water partition coefficient (Wildman–Crippen LogP) is 0.799. The van der Waals surface area contributed by atoms with E-state index in [0.29, 0.717) is 11.5 Å². The van der Waals surface area contributed by atoms with Gasteiger partial charge in [0, 0.05) is 12.4 Å². The first-order valence-electron chi connectivity index (χ1n) is 5.63. The monoisotopic (exact) mass is 263 g/mol. The second-order valence-electron chi connectivity index (χ2n) is 3.97. The molecule has 0 unspecified atom stereocenters. The van der Waals surface area contributed by atoms with Gasteiger partial charge in [-0.3, -0.25) is 9.48 Å². The third-order valence-corrected chi connectivity index (χ3v) is 2.52. The molecule has 0 atom stereocenters. The van der Waals surface area contributed by atoms with Crippen LogP contribution in [0.2, 0.25) is 0 Å². The zero-order valence-corrected chi connectivity index (χ0v) is 10.3. The number of aromatic carboxylic acids is 1. The van der Waals surface area contributed by atoms with Crippen molar-refractivity contribution in [1.82, 2.24) is 15.1 Å². The van der Waals surface area contributed by atoms with Gasteiger partial charge < -0.3 is 14.8 Å². The lowest BCUT2D eigenvalue weighted by atomic mass is 10.2. The summed E-state index contributed by atoms with van der Waals surface area (Å²) in [7, 11) is 0. The zero-order valence-electron chi connectivity index (χ0n) is 10.3. The van der Waals surface area contributed by atoms with Crippen LogP contribution in [0.4, 0.5) is 0 Å². The molecule has 2 aromatic rings. The number of rotatable bonds is 5. The first-order valence-corrected chi connectivity index (χ1v) is 5.63. The van der Waals surface area contributed by atoms with Crippen molar-refractivity contribution in [3.63, 3.8) is 0 Å². The molecule has 2 heterocycles. The van der Waals surface area contributed by atoms with Crippen LogP contribution < -0.4 is 5.32 Å². The van der Waals surface area contributed by atoms with Crippen molar-refractivity contribution in [2.45, 2.75) is 20.0 Å². The van der Waals surface area contributed by atoms with Crippen LogP contribution >= 0.6 is 0 Å². The van der Waals surface area contributed by atoms with Crippen molar-refractivity contribution in [3.05, 3.63) is 41.6 Å². The van der Waals surface area contributed by atoms with Crippen molar-refractivity contribution in [2.24, 2.45) is 0 Å². The summed E-state index contributed by atoms with van der Waals surface area (Å²) in [5, 5.41) is 15.4. The molecule has 1 amide bonds. The molecular weight excluding hydrogens is 250 g/mol. The number of amides is 1. The van der Waals surface area contributed by atoms with E-state index in [9.17, 15) is 9.59 Å². The van der Waals surface area contributed by atoms with Gasteiger partial charge in [0.15, 0.2) is 0 Å². The Labute approximate surface area is 108 Å². The first kappa shape index (κ1) is 12.9. The molecule has 0 fully saturated rings. The Balaban J connectivity index is 1.90. The van der Waals surface area contributed by atoms with Gasteiger partial charge in [-0.25, -0.2) is 4.79 Å². The maximum Gasteiger partial charge on any atom is 0.339 e. The van der Waals surface area contributed by atoms with E-state index in [1.807, 2.05) is 0 Å². The van der Waals surface area contributed by atoms with Crippen LogP contribution in [0.15, 0.2) is 28.9 Å². The highest BCUT2D eigenvalue weighted by Gasteiger charge is 2.14. The van der Waals surface area contributed by atoms with E-state index in [1.54, 1.807) is 25.4 Å². The minimum absolute atomic E-state index is 0.108. The second kappa shape index (κ2) is 5.38. The number of carbonyl (C=O) groups excluding carboxylic acids is 1. The van der Waals surface area contributed by atoms with Gasteiger partial charge in [-0.15, -0.1) is 0 Å². The molecule has 2 N–H and O–H groups in total. The Morgan fingerprint density at radius 2 is 2.32 bits per heavy atom. The van der Waals surface area contributed by atoms with Crippen LogP contribution in [0.3, 0.4) is 0 Å². The molecule has 0 aromatic carbocycles. The lowest BCUT2D eigenvalue weighted by Crippen LogP contribution is -2.27. The molecule has 0 spiro atoms. The normalized spacial score (nSPS) is 10.4. The standard InChI is InChI=1S/C12H13N3O4/c1-8-10(12(17)18)5-9(19-8)6-13-11(16)7-15-4-2-3-14-15/h2-5H,6-7H2,1H3,(H,13,16)(H,17,18). The summed E-state index contributed by atoms with van der Waals surface area (Å²) >= 11 is 0. The molecule has 100 valence electrons. The second-order valence-corrected chi connectivity index (χ2v) is 3.97.